The van der Waals surface area contributed by atoms with Gasteiger partial charge in [0.2, 0.25) is 0 Å². The highest BCUT2D eigenvalue weighted by molar-refractivity contribution is 6.74. The molecule has 0 aromatic rings. The van der Waals surface area contributed by atoms with Gasteiger partial charge in [-0.2, -0.15) is 0 Å². The number of allylic oxidation sites excluding steroid dienone is 2. The van der Waals surface area contributed by atoms with E-state index in [0.29, 0.717) is 5.04 Å². The maximum atomic E-state index is 6.26. The van der Waals surface area contributed by atoms with Crippen molar-refractivity contribution in [2.75, 3.05) is 19.8 Å². The predicted octanol–water partition coefficient (Wildman–Crippen LogP) is 9.57. The normalized spacial score (nSPS) is 17.8. The fraction of sp³-hybridized carbons (Fsp3) is 0.931. The van der Waals surface area contributed by atoms with Crippen LogP contribution >= 0.6 is 0 Å². The third-order valence-electron chi connectivity index (χ3n) is 7.41. The van der Waals surface area contributed by atoms with Gasteiger partial charge < -0.3 is 13.9 Å². The summed E-state index contributed by atoms with van der Waals surface area (Å²) >= 11 is 0. The highest BCUT2D eigenvalue weighted by atomic mass is 28.4. The average Bonchev–Trinajstić information content (AvgIpc) is 2.77. The van der Waals surface area contributed by atoms with Crippen LogP contribution in [0.15, 0.2) is 12.2 Å². The summed E-state index contributed by atoms with van der Waals surface area (Å²) < 4.78 is 17.7. The molecular formula is C29H58O3Si. The highest BCUT2D eigenvalue weighted by Crippen LogP contribution is 2.36. The molecule has 1 aliphatic heterocycles. The van der Waals surface area contributed by atoms with Crippen LogP contribution in [0.3, 0.4) is 0 Å². The molecule has 0 spiro atoms. The van der Waals surface area contributed by atoms with Crippen molar-refractivity contribution in [3.8, 4) is 0 Å². The molecule has 0 amide bonds. The van der Waals surface area contributed by atoms with E-state index in [4.69, 9.17) is 13.9 Å². The summed E-state index contributed by atoms with van der Waals surface area (Å²) in [6, 6.07) is 0. The SMILES string of the molecule is CC(C)(C)[Si](C)(C)OCCCCCCCC/C=C\CCCCCCCCOC1CCCCO1. The zero-order valence-corrected chi connectivity index (χ0v) is 24.1. The first-order chi connectivity index (χ1) is 15.8. The summed E-state index contributed by atoms with van der Waals surface area (Å²) in [6.07, 6.45) is 26.9. The van der Waals surface area contributed by atoms with Gasteiger partial charge >= 0.3 is 0 Å². The van der Waals surface area contributed by atoms with Crippen LogP contribution in [0.25, 0.3) is 0 Å². The fourth-order valence-corrected chi connectivity index (χ4v) is 5.07. The summed E-state index contributed by atoms with van der Waals surface area (Å²) in [4.78, 5) is 0. The molecule has 0 bridgehead atoms. The summed E-state index contributed by atoms with van der Waals surface area (Å²) in [5.41, 5.74) is 0. The van der Waals surface area contributed by atoms with Crippen LogP contribution in [-0.2, 0) is 13.9 Å². The van der Waals surface area contributed by atoms with Crippen molar-refractivity contribution in [2.24, 2.45) is 0 Å². The lowest BCUT2D eigenvalue weighted by atomic mass is 10.1. The Bertz CT molecular complexity index is 464. The van der Waals surface area contributed by atoms with Crippen LogP contribution in [0.2, 0.25) is 18.1 Å². The van der Waals surface area contributed by atoms with Crippen LogP contribution in [0.5, 0.6) is 0 Å². The summed E-state index contributed by atoms with van der Waals surface area (Å²) in [6.45, 7) is 14.4. The lowest BCUT2D eigenvalue weighted by molar-refractivity contribution is -0.162. The molecule has 4 heteroatoms. The molecule has 0 saturated carbocycles. The van der Waals surface area contributed by atoms with Crippen LogP contribution < -0.4 is 0 Å². The van der Waals surface area contributed by atoms with E-state index in [1.807, 2.05) is 0 Å². The molecule has 0 N–H and O–H groups in total. The zero-order valence-electron chi connectivity index (χ0n) is 23.1. The standard InChI is InChI=1S/C29H58O3Si/c1-29(2,3)33(4,5)32-27-22-19-17-15-13-11-9-7-6-8-10-12-14-16-18-21-25-30-28-24-20-23-26-31-28/h6-7,28H,8-27H2,1-5H3/b7-6-. The second-order valence-electron chi connectivity index (χ2n) is 11.6. The van der Waals surface area contributed by atoms with E-state index in [-0.39, 0.29) is 6.29 Å². The van der Waals surface area contributed by atoms with E-state index in [9.17, 15) is 0 Å². The van der Waals surface area contributed by atoms with Gasteiger partial charge in [0, 0.05) is 19.8 Å². The van der Waals surface area contributed by atoms with Gasteiger partial charge in [-0.05, 0) is 75.9 Å². The summed E-state index contributed by atoms with van der Waals surface area (Å²) in [5.74, 6) is 0. The topological polar surface area (TPSA) is 27.7 Å². The first kappa shape index (κ1) is 30.9. The molecular weight excluding hydrogens is 424 g/mol. The number of hydrogen-bond acceptors (Lipinski definition) is 3. The molecule has 0 aromatic heterocycles. The van der Waals surface area contributed by atoms with Crippen LogP contribution in [0.4, 0.5) is 0 Å². The van der Waals surface area contributed by atoms with E-state index in [1.54, 1.807) is 0 Å². The Hall–Kier alpha value is -0.163. The van der Waals surface area contributed by atoms with Gasteiger partial charge in [0.15, 0.2) is 14.6 Å². The maximum absolute atomic E-state index is 6.26. The fourth-order valence-electron chi connectivity index (χ4n) is 3.98. The number of unbranched alkanes of at least 4 members (excludes halogenated alkanes) is 12. The van der Waals surface area contributed by atoms with E-state index >= 15 is 0 Å². The molecule has 1 rings (SSSR count). The predicted molar refractivity (Wildman–Crippen MR) is 146 cm³/mol. The third kappa shape index (κ3) is 17.0. The molecule has 0 aromatic carbocycles. The second-order valence-corrected chi connectivity index (χ2v) is 16.4. The highest BCUT2D eigenvalue weighted by Gasteiger charge is 2.36. The molecule has 1 aliphatic rings. The molecule has 1 unspecified atom stereocenters. The Morgan fingerprint density at radius 2 is 1.24 bits per heavy atom. The van der Waals surface area contributed by atoms with Gasteiger partial charge in [-0.1, -0.05) is 84.3 Å². The quantitative estimate of drug-likeness (QED) is 0.0981. The first-order valence-electron chi connectivity index (χ1n) is 14.3. The molecule has 1 heterocycles. The number of hydrogen-bond donors (Lipinski definition) is 0. The molecule has 1 atom stereocenters. The van der Waals surface area contributed by atoms with Crippen molar-refractivity contribution in [1.82, 2.24) is 0 Å². The van der Waals surface area contributed by atoms with E-state index in [1.165, 1.54) is 103 Å². The van der Waals surface area contributed by atoms with Gasteiger partial charge in [-0.3, -0.25) is 0 Å². The lowest BCUT2D eigenvalue weighted by Crippen LogP contribution is -2.40. The van der Waals surface area contributed by atoms with Gasteiger partial charge in [-0.15, -0.1) is 0 Å². The monoisotopic (exact) mass is 482 g/mol. The van der Waals surface area contributed by atoms with Gasteiger partial charge in [-0.25, -0.2) is 0 Å². The van der Waals surface area contributed by atoms with Crippen molar-refractivity contribution in [1.29, 1.82) is 0 Å². The maximum Gasteiger partial charge on any atom is 0.191 e. The van der Waals surface area contributed by atoms with E-state index in [0.717, 1.165) is 26.2 Å². The van der Waals surface area contributed by atoms with Gasteiger partial charge in [0.05, 0.1) is 0 Å². The molecule has 1 fully saturated rings. The number of rotatable bonds is 20. The van der Waals surface area contributed by atoms with Crippen molar-refractivity contribution < 1.29 is 13.9 Å². The van der Waals surface area contributed by atoms with Crippen molar-refractivity contribution in [3.05, 3.63) is 12.2 Å². The van der Waals surface area contributed by atoms with E-state index in [2.05, 4.69) is 46.0 Å². The third-order valence-corrected chi connectivity index (χ3v) is 11.9. The molecule has 196 valence electrons. The molecule has 0 radical (unpaired) electrons. The van der Waals surface area contributed by atoms with Crippen molar-refractivity contribution >= 4 is 8.32 Å². The Kier molecular flexibility index (Phi) is 17.8. The summed E-state index contributed by atoms with van der Waals surface area (Å²) in [7, 11) is -1.54. The smallest absolute Gasteiger partial charge is 0.191 e. The van der Waals surface area contributed by atoms with Crippen LogP contribution in [0.1, 0.15) is 130 Å². The molecule has 1 saturated heterocycles. The Morgan fingerprint density at radius 1 is 0.727 bits per heavy atom. The largest absolute Gasteiger partial charge is 0.417 e. The van der Waals surface area contributed by atoms with Crippen LogP contribution in [0, 0.1) is 0 Å². The minimum atomic E-state index is -1.54. The Labute approximate surface area is 208 Å². The van der Waals surface area contributed by atoms with Crippen LogP contribution in [-0.4, -0.2) is 34.4 Å². The minimum Gasteiger partial charge on any atom is -0.417 e. The Balaban J connectivity index is 1.75. The van der Waals surface area contributed by atoms with Gasteiger partial charge in [0.25, 0.3) is 0 Å². The molecule has 0 aliphatic carbocycles. The number of ether oxygens (including phenoxy) is 2. The zero-order chi connectivity index (χ0) is 24.3. The molecule has 3 nitrogen and oxygen atoms in total. The van der Waals surface area contributed by atoms with E-state index < -0.39 is 8.32 Å². The summed E-state index contributed by atoms with van der Waals surface area (Å²) in [5, 5.41) is 0.334. The van der Waals surface area contributed by atoms with Crippen molar-refractivity contribution in [2.45, 2.75) is 154 Å². The second kappa shape index (κ2) is 19.1. The molecule has 33 heavy (non-hydrogen) atoms. The first-order valence-corrected chi connectivity index (χ1v) is 17.3. The Morgan fingerprint density at radius 3 is 1.76 bits per heavy atom. The van der Waals surface area contributed by atoms with Gasteiger partial charge in [0.1, 0.15) is 0 Å². The average molecular weight is 483 g/mol. The van der Waals surface area contributed by atoms with Crippen molar-refractivity contribution in [3.63, 3.8) is 0 Å². The minimum absolute atomic E-state index is 0.0862. The lowest BCUT2D eigenvalue weighted by Gasteiger charge is -2.36.